The number of anilines is 1. The first-order valence-corrected chi connectivity index (χ1v) is 21.0. The van der Waals surface area contributed by atoms with Crippen LogP contribution in [-0.4, -0.2) is 80.2 Å². The minimum atomic E-state index is -0.382. The molecule has 1 saturated carbocycles. The average Bonchev–Trinajstić information content (AvgIpc) is 3.90. The zero-order chi connectivity index (χ0) is 41.7. The third-order valence-corrected chi connectivity index (χ3v) is 12.6. The number of piperidine rings is 1. The van der Waals surface area contributed by atoms with Crippen molar-refractivity contribution in [1.29, 1.82) is 0 Å². The standard InChI is InChI=1S/C47H51N9O4/c1-27-22-32(12-15-37(27)28(2)49-45(59)43-51-46(60-54-43)47(3,4)5)41-39-25-34(26-48-42(39)53-52-41)30-10-13-35(14-11-30)55-18-20-56(21-19-55)36-23-33(24-36)29-6-8-31(9-7-29)38-16-17-40(57)50-44(38)58/h6-15,22,25-26,28,33,36,38H,16-21,23-24H2,1-5H3,(H,49,59)(H,48,52,53)(H,50,57,58)/t28-,33?,36?,38?/m1/s1. The van der Waals surface area contributed by atoms with Crippen LogP contribution in [0.1, 0.15) is 110 Å². The third kappa shape index (κ3) is 7.81. The number of rotatable bonds is 9. The van der Waals surface area contributed by atoms with Gasteiger partial charge >= 0.3 is 0 Å². The molecule has 2 atom stereocenters. The molecule has 3 fully saturated rings. The Morgan fingerprint density at radius 2 is 1.62 bits per heavy atom. The van der Waals surface area contributed by atoms with E-state index in [0.717, 1.165) is 83.5 Å². The number of nitrogens with zero attached hydrogens (tertiary/aromatic N) is 6. The van der Waals surface area contributed by atoms with E-state index in [1.54, 1.807) is 0 Å². The Kier molecular flexibility index (Phi) is 10.3. The van der Waals surface area contributed by atoms with Crippen LogP contribution in [0.2, 0.25) is 0 Å². The molecule has 3 aromatic carbocycles. The summed E-state index contributed by atoms with van der Waals surface area (Å²) in [5, 5.41) is 18.0. The van der Waals surface area contributed by atoms with E-state index in [1.165, 1.54) is 11.3 Å². The summed E-state index contributed by atoms with van der Waals surface area (Å²) in [6, 6.07) is 26.0. The molecule has 5 heterocycles. The zero-order valence-corrected chi connectivity index (χ0v) is 34.8. The lowest BCUT2D eigenvalue weighted by molar-refractivity contribution is -0.134. The highest BCUT2D eigenvalue weighted by Gasteiger charge is 2.36. The monoisotopic (exact) mass is 805 g/mol. The normalized spacial score (nSPS) is 20.5. The van der Waals surface area contributed by atoms with Gasteiger partial charge in [0.1, 0.15) is 0 Å². The number of aromatic nitrogens is 5. The molecule has 2 saturated heterocycles. The van der Waals surface area contributed by atoms with Crippen molar-refractivity contribution in [2.24, 2.45) is 0 Å². The Hall–Kier alpha value is -6.21. The Morgan fingerprint density at radius 3 is 2.30 bits per heavy atom. The van der Waals surface area contributed by atoms with Gasteiger partial charge < -0.3 is 14.7 Å². The van der Waals surface area contributed by atoms with Crippen LogP contribution in [0.15, 0.2) is 83.5 Å². The van der Waals surface area contributed by atoms with Gasteiger partial charge in [0.15, 0.2) is 5.65 Å². The van der Waals surface area contributed by atoms with Gasteiger partial charge in [0.2, 0.25) is 17.7 Å². The molecule has 13 nitrogen and oxygen atoms in total. The molecule has 308 valence electrons. The van der Waals surface area contributed by atoms with Crippen molar-refractivity contribution in [1.82, 2.24) is 40.9 Å². The fourth-order valence-corrected chi connectivity index (χ4v) is 8.93. The number of imide groups is 1. The molecule has 3 aliphatic rings. The van der Waals surface area contributed by atoms with Crippen molar-refractivity contribution in [2.75, 3.05) is 31.1 Å². The molecule has 3 amide bonds. The summed E-state index contributed by atoms with van der Waals surface area (Å²) in [6.45, 7) is 13.9. The lowest BCUT2D eigenvalue weighted by Crippen LogP contribution is -2.53. The van der Waals surface area contributed by atoms with E-state index < -0.39 is 0 Å². The summed E-state index contributed by atoms with van der Waals surface area (Å²) < 4.78 is 5.31. The van der Waals surface area contributed by atoms with Crippen molar-refractivity contribution in [3.8, 4) is 22.4 Å². The molecular formula is C47H51N9O4. The number of hydrogen-bond donors (Lipinski definition) is 3. The van der Waals surface area contributed by atoms with Crippen LogP contribution in [0, 0.1) is 6.92 Å². The van der Waals surface area contributed by atoms with Crippen LogP contribution in [0.25, 0.3) is 33.4 Å². The second-order valence-electron chi connectivity index (χ2n) is 17.7. The smallest absolute Gasteiger partial charge is 0.293 e. The SMILES string of the molecule is Cc1cc(-c2[nH]nc3ncc(-c4ccc(N5CCN(C6CC(c7ccc(C8CCC(=O)NC8=O)cc7)C6)CC5)cc4)cc23)ccc1[C@@H](C)NC(=O)c1noc(C(C)(C)C)n1. The second kappa shape index (κ2) is 15.8. The van der Waals surface area contributed by atoms with Crippen molar-refractivity contribution in [2.45, 2.75) is 89.6 Å². The van der Waals surface area contributed by atoms with E-state index in [9.17, 15) is 14.4 Å². The van der Waals surface area contributed by atoms with Crippen LogP contribution in [0.5, 0.6) is 0 Å². The molecule has 3 aromatic heterocycles. The molecular weight excluding hydrogens is 755 g/mol. The van der Waals surface area contributed by atoms with E-state index in [0.29, 0.717) is 36.3 Å². The first-order valence-electron chi connectivity index (χ1n) is 21.0. The van der Waals surface area contributed by atoms with Gasteiger partial charge in [-0.3, -0.25) is 29.7 Å². The van der Waals surface area contributed by atoms with Crippen molar-refractivity contribution in [3.05, 3.63) is 113 Å². The van der Waals surface area contributed by atoms with Gasteiger partial charge in [-0.2, -0.15) is 10.1 Å². The minimum Gasteiger partial charge on any atom is -0.369 e. The average molecular weight is 806 g/mol. The number of fused-ring (bicyclic) bond motifs is 1. The Bertz CT molecular complexity index is 2560. The number of aromatic amines is 1. The molecule has 9 rings (SSSR count). The van der Waals surface area contributed by atoms with Crippen LogP contribution < -0.4 is 15.5 Å². The number of nitrogens with one attached hydrogen (secondary N) is 3. The predicted molar refractivity (Wildman–Crippen MR) is 229 cm³/mol. The van der Waals surface area contributed by atoms with E-state index in [4.69, 9.17) is 9.51 Å². The van der Waals surface area contributed by atoms with Crippen LogP contribution in [0.3, 0.4) is 0 Å². The predicted octanol–water partition coefficient (Wildman–Crippen LogP) is 7.36. The summed E-state index contributed by atoms with van der Waals surface area (Å²) in [7, 11) is 0. The summed E-state index contributed by atoms with van der Waals surface area (Å²) >= 11 is 0. The number of H-pyrrole nitrogens is 1. The number of aryl methyl sites for hydroxylation is 1. The maximum Gasteiger partial charge on any atom is 0.293 e. The molecule has 1 aliphatic carbocycles. The van der Waals surface area contributed by atoms with E-state index in [-0.39, 0.29) is 40.9 Å². The van der Waals surface area contributed by atoms with E-state index >= 15 is 0 Å². The number of benzene rings is 3. The van der Waals surface area contributed by atoms with E-state index in [2.05, 4.69) is 101 Å². The summed E-state index contributed by atoms with van der Waals surface area (Å²) in [4.78, 5) is 50.9. The Balaban J connectivity index is 0.794. The number of carbonyl (C=O) groups excluding carboxylic acids is 3. The van der Waals surface area contributed by atoms with Gasteiger partial charge in [-0.15, -0.1) is 0 Å². The van der Waals surface area contributed by atoms with Gasteiger partial charge in [-0.25, -0.2) is 4.98 Å². The number of hydrogen-bond acceptors (Lipinski definition) is 10. The largest absolute Gasteiger partial charge is 0.369 e. The lowest BCUT2D eigenvalue weighted by atomic mass is 9.74. The second-order valence-corrected chi connectivity index (χ2v) is 17.7. The van der Waals surface area contributed by atoms with Crippen molar-refractivity contribution in [3.63, 3.8) is 0 Å². The quantitative estimate of drug-likeness (QED) is 0.126. The molecule has 13 heteroatoms. The molecule has 0 radical (unpaired) electrons. The summed E-state index contributed by atoms with van der Waals surface area (Å²) in [6.07, 6.45) is 5.19. The molecule has 6 aromatic rings. The van der Waals surface area contributed by atoms with Gasteiger partial charge in [0.05, 0.1) is 17.7 Å². The van der Waals surface area contributed by atoms with Crippen molar-refractivity contribution < 1.29 is 18.9 Å². The maximum absolute atomic E-state index is 12.9. The highest BCUT2D eigenvalue weighted by atomic mass is 16.5. The zero-order valence-electron chi connectivity index (χ0n) is 34.8. The van der Waals surface area contributed by atoms with Crippen LogP contribution in [-0.2, 0) is 15.0 Å². The number of pyridine rings is 1. The highest BCUT2D eigenvalue weighted by Crippen LogP contribution is 2.41. The lowest BCUT2D eigenvalue weighted by Gasteiger charge is -2.47. The highest BCUT2D eigenvalue weighted by molar-refractivity contribution is 6.01. The summed E-state index contributed by atoms with van der Waals surface area (Å²) in [5.74, 6) is 0.0266. The van der Waals surface area contributed by atoms with Crippen LogP contribution in [0.4, 0.5) is 5.69 Å². The molecule has 0 bridgehead atoms. The Labute approximate surface area is 349 Å². The van der Waals surface area contributed by atoms with Gasteiger partial charge in [-0.1, -0.05) is 74.5 Å². The number of carbonyl (C=O) groups is 3. The molecule has 0 spiro atoms. The molecule has 3 N–H and O–H groups in total. The third-order valence-electron chi connectivity index (χ3n) is 12.6. The van der Waals surface area contributed by atoms with Crippen LogP contribution >= 0.6 is 0 Å². The van der Waals surface area contributed by atoms with Gasteiger partial charge in [0, 0.05) is 72.5 Å². The topological polar surface area (TPSA) is 162 Å². The minimum absolute atomic E-state index is 0.0240. The fourth-order valence-electron chi connectivity index (χ4n) is 8.93. The summed E-state index contributed by atoms with van der Waals surface area (Å²) in [5.41, 5.74) is 9.88. The Morgan fingerprint density at radius 1 is 0.900 bits per heavy atom. The molecule has 2 aliphatic heterocycles. The molecule has 60 heavy (non-hydrogen) atoms. The van der Waals surface area contributed by atoms with Gasteiger partial charge in [-0.05, 0) is 91.1 Å². The maximum atomic E-state index is 12.9. The fraction of sp³-hybridized carbons (Fsp3) is 0.383. The van der Waals surface area contributed by atoms with E-state index in [1.807, 2.05) is 52.9 Å². The molecule has 1 unspecified atom stereocenters. The number of piperazine rings is 1. The number of amides is 3. The van der Waals surface area contributed by atoms with Gasteiger partial charge in [0.25, 0.3) is 11.7 Å². The first-order chi connectivity index (χ1) is 28.9. The first kappa shape index (κ1) is 39.3. The van der Waals surface area contributed by atoms with Crippen molar-refractivity contribution >= 4 is 34.4 Å².